The molecule has 0 bridgehead atoms. The highest BCUT2D eigenvalue weighted by molar-refractivity contribution is 5.04. The first-order chi connectivity index (χ1) is 6.63. The fraction of sp³-hybridized carbons (Fsp3) is 1.00. The SMILES string of the molecule is CCC[C@H](O)CN1CC2(CN(C)C2)C1. The topological polar surface area (TPSA) is 26.7 Å². The van der Waals surface area contributed by atoms with Gasteiger partial charge in [-0.15, -0.1) is 0 Å². The van der Waals surface area contributed by atoms with Crippen LogP contribution in [0.5, 0.6) is 0 Å². The zero-order chi connectivity index (χ0) is 10.2. The van der Waals surface area contributed by atoms with Gasteiger partial charge in [0.05, 0.1) is 6.10 Å². The van der Waals surface area contributed by atoms with Gasteiger partial charge in [-0.25, -0.2) is 0 Å². The Kier molecular flexibility index (Phi) is 2.82. The summed E-state index contributed by atoms with van der Waals surface area (Å²) in [6.07, 6.45) is 1.93. The van der Waals surface area contributed by atoms with Gasteiger partial charge < -0.3 is 10.0 Å². The molecule has 82 valence electrons. The number of nitrogens with zero attached hydrogens (tertiary/aromatic N) is 2. The van der Waals surface area contributed by atoms with Crippen LogP contribution in [-0.2, 0) is 0 Å². The summed E-state index contributed by atoms with van der Waals surface area (Å²) in [4.78, 5) is 4.77. The van der Waals surface area contributed by atoms with Gasteiger partial charge in [-0.05, 0) is 13.5 Å². The fourth-order valence-corrected chi connectivity index (χ4v) is 3.05. The summed E-state index contributed by atoms with van der Waals surface area (Å²) in [6.45, 7) is 7.94. The fourth-order valence-electron chi connectivity index (χ4n) is 3.05. The van der Waals surface area contributed by atoms with Crippen LogP contribution in [0, 0.1) is 5.41 Å². The minimum absolute atomic E-state index is 0.102. The lowest BCUT2D eigenvalue weighted by Gasteiger charge is -2.60. The van der Waals surface area contributed by atoms with Crippen molar-refractivity contribution >= 4 is 0 Å². The number of aliphatic hydroxyl groups is 1. The molecule has 2 aliphatic heterocycles. The van der Waals surface area contributed by atoms with E-state index in [9.17, 15) is 5.11 Å². The first-order valence-electron chi connectivity index (χ1n) is 5.72. The average molecular weight is 198 g/mol. The van der Waals surface area contributed by atoms with Gasteiger partial charge in [-0.3, -0.25) is 4.90 Å². The van der Waals surface area contributed by atoms with Crippen molar-refractivity contribution in [3.05, 3.63) is 0 Å². The van der Waals surface area contributed by atoms with Crippen LogP contribution in [0.3, 0.4) is 0 Å². The molecule has 3 heteroatoms. The van der Waals surface area contributed by atoms with Crippen LogP contribution >= 0.6 is 0 Å². The van der Waals surface area contributed by atoms with E-state index in [1.165, 1.54) is 26.2 Å². The maximum absolute atomic E-state index is 9.65. The Morgan fingerprint density at radius 1 is 1.29 bits per heavy atom. The monoisotopic (exact) mass is 198 g/mol. The molecule has 0 aromatic carbocycles. The number of β-amino-alcohol motifs (C(OH)–C–C–N with tert-alkyl or cyclic N) is 1. The van der Waals surface area contributed by atoms with E-state index in [-0.39, 0.29) is 6.10 Å². The summed E-state index contributed by atoms with van der Waals surface area (Å²) in [5.74, 6) is 0. The van der Waals surface area contributed by atoms with Crippen molar-refractivity contribution in [2.45, 2.75) is 25.9 Å². The standard InChI is InChI=1S/C11H22N2O/c1-3-4-10(14)5-13-8-11(9-13)6-12(2)7-11/h10,14H,3-9H2,1-2H3/t10-/m0/s1. The normalized spacial score (nSPS) is 28.5. The molecule has 1 atom stereocenters. The van der Waals surface area contributed by atoms with Crippen molar-refractivity contribution in [1.82, 2.24) is 9.80 Å². The zero-order valence-electron chi connectivity index (χ0n) is 9.37. The summed E-state index contributed by atoms with van der Waals surface area (Å²) in [6, 6.07) is 0. The minimum atomic E-state index is -0.102. The third-order valence-electron chi connectivity index (χ3n) is 3.42. The van der Waals surface area contributed by atoms with Gasteiger partial charge in [0.15, 0.2) is 0 Å². The lowest BCUT2D eigenvalue weighted by Crippen LogP contribution is -2.71. The Hall–Kier alpha value is -0.120. The largest absolute Gasteiger partial charge is 0.392 e. The van der Waals surface area contributed by atoms with E-state index in [0.29, 0.717) is 5.41 Å². The summed E-state index contributed by atoms with van der Waals surface area (Å²) in [5.41, 5.74) is 0.612. The van der Waals surface area contributed by atoms with Crippen LogP contribution in [0.4, 0.5) is 0 Å². The zero-order valence-corrected chi connectivity index (χ0v) is 9.37. The maximum atomic E-state index is 9.65. The second-order valence-electron chi connectivity index (χ2n) is 5.28. The van der Waals surface area contributed by atoms with Crippen LogP contribution in [0.2, 0.25) is 0 Å². The van der Waals surface area contributed by atoms with Gasteiger partial charge in [0, 0.05) is 38.1 Å². The van der Waals surface area contributed by atoms with E-state index < -0.39 is 0 Å². The molecule has 0 saturated carbocycles. The molecule has 14 heavy (non-hydrogen) atoms. The lowest BCUT2D eigenvalue weighted by molar-refractivity contribution is -0.114. The highest BCUT2D eigenvalue weighted by Crippen LogP contribution is 2.38. The van der Waals surface area contributed by atoms with Crippen LogP contribution in [-0.4, -0.2) is 60.8 Å². The van der Waals surface area contributed by atoms with Gasteiger partial charge >= 0.3 is 0 Å². The second-order valence-corrected chi connectivity index (χ2v) is 5.28. The quantitative estimate of drug-likeness (QED) is 0.708. The smallest absolute Gasteiger partial charge is 0.0667 e. The third kappa shape index (κ3) is 1.95. The number of hydrogen-bond acceptors (Lipinski definition) is 3. The van der Waals surface area contributed by atoms with Gasteiger partial charge in [0.1, 0.15) is 0 Å². The molecule has 2 aliphatic rings. The molecule has 2 heterocycles. The Balaban J connectivity index is 1.63. The molecule has 1 spiro atoms. The maximum Gasteiger partial charge on any atom is 0.0667 e. The van der Waals surface area contributed by atoms with E-state index in [1.807, 2.05) is 0 Å². The predicted molar refractivity (Wildman–Crippen MR) is 57.3 cm³/mol. The lowest BCUT2D eigenvalue weighted by atomic mass is 9.73. The Morgan fingerprint density at radius 3 is 2.43 bits per heavy atom. The molecular weight excluding hydrogens is 176 g/mol. The number of rotatable bonds is 4. The highest BCUT2D eigenvalue weighted by atomic mass is 16.3. The molecule has 2 fully saturated rings. The predicted octanol–water partition coefficient (Wildman–Crippen LogP) is 0.395. The van der Waals surface area contributed by atoms with Crippen molar-refractivity contribution in [3.63, 3.8) is 0 Å². The van der Waals surface area contributed by atoms with Crippen LogP contribution in [0.25, 0.3) is 0 Å². The molecular formula is C11H22N2O. The number of likely N-dealkylation sites (tertiary alicyclic amines) is 2. The number of aliphatic hydroxyl groups excluding tert-OH is 1. The molecule has 0 unspecified atom stereocenters. The minimum Gasteiger partial charge on any atom is -0.392 e. The summed E-state index contributed by atoms with van der Waals surface area (Å²) in [7, 11) is 2.18. The van der Waals surface area contributed by atoms with E-state index in [4.69, 9.17) is 0 Å². The van der Waals surface area contributed by atoms with Crippen LogP contribution in [0.1, 0.15) is 19.8 Å². The highest BCUT2D eigenvalue weighted by Gasteiger charge is 2.50. The van der Waals surface area contributed by atoms with Gasteiger partial charge in [-0.1, -0.05) is 13.3 Å². The van der Waals surface area contributed by atoms with E-state index in [0.717, 1.165) is 19.4 Å². The van der Waals surface area contributed by atoms with E-state index in [1.54, 1.807) is 0 Å². The number of hydrogen-bond donors (Lipinski definition) is 1. The van der Waals surface area contributed by atoms with Gasteiger partial charge in [0.25, 0.3) is 0 Å². The average Bonchev–Trinajstić information content (AvgIpc) is 1.98. The Labute approximate surface area is 86.7 Å². The van der Waals surface area contributed by atoms with Gasteiger partial charge in [-0.2, -0.15) is 0 Å². The molecule has 0 amide bonds. The van der Waals surface area contributed by atoms with E-state index in [2.05, 4.69) is 23.8 Å². The molecule has 0 aliphatic carbocycles. The molecule has 2 saturated heterocycles. The molecule has 1 N–H and O–H groups in total. The van der Waals surface area contributed by atoms with E-state index >= 15 is 0 Å². The first kappa shape index (κ1) is 10.4. The summed E-state index contributed by atoms with van der Waals surface area (Å²) in [5, 5.41) is 9.65. The summed E-state index contributed by atoms with van der Waals surface area (Å²) < 4.78 is 0. The van der Waals surface area contributed by atoms with Crippen molar-refractivity contribution in [2.75, 3.05) is 39.8 Å². The van der Waals surface area contributed by atoms with Gasteiger partial charge in [0.2, 0.25) is 0 Å². The third-order valence-corrected chi connectivity index (χ3v) is 3.42. The van der Waals surface area contributed by atoms with Crippen molar-refractivity contribution in [3.8, 4) is 0 Å². The van der Waals surface area contributed by atoms with Crippen molar-refractivity contribution in [1.29, 1.82) is 0 Å². The molecule has 3 nitrogen and oxygen atoms in total. The first-order valence-corrected chi connectivity index (χ1v) is 5.72. The molecule has 0 aromatic rings. The summed E-state index contributed by atoms with van der Waals surface area (Å²) >= 11 is 0. The van der Waals surface area contributed by atoms with Crippen molar-refractivity contribution in [2.24, 2.45) is 5.41 Å². The molecule has 2 rings (SSSR count). The second kappa shape index (κ2) is 3.80. The van der Waals surface area contributed by atoms with Crippen LogP contribution in [0.15, 0.2) is 0 Å². The van der Waals surface area contributed by atoms with Crippen molar-refractivity contribution < 1.29 is 5.11 Å². The molecule has 0 aromatic heterocycles. The Morgan fingerprint density at radius 2 is 1.93 bits per heavy atom. The Bertz CT molecular complexity index is 191. The van der Waals surface area contributed by atoms with Crippen LogP contribution < -0.4 is 0 Å². The molecule has 0 radical (unpaired) electrons.